The average molecular weight is 540 g/mol. The zero-order valence-corrected chi connectivity index (χ0v) is 23.7. The summed E-state index contributed by atoms with van der Waals surface area (Å²) in [5.74, 6) is 0.257. The standard InChI is InChI=1S/C30H45N5O4/c1-4-14-35(15-5-2)30(38)24-12-8-11-23(18-24)29(37)34-26(19-27-32-13-16-39-27)25(31)17-21(3)28(36)33-20-22-9-6-7-10-22/h8,11-13,16,18,21-22,25-26H,4-7,9-10,14-15,17,19-20,31H2,1-3H3,(H,33,36)(H,34,37)/t21-,25+,26+/m1/s1. The van der Waals surface area contributed by atoms with Gasteiger partial charge in [0.05, 0.1) is 12.2 Å². The van der Waals surface area contributed by atoms with Crippen molar-refractivity contribution >= 4 is 17.7 Å². The van der Waals surface area contributed by atoms with Crippen LogP contribution in [0.3, 0.4) is 0 Å². The molecule has 0 radical (unpaired) electrons. The highest BCUT2D eigenvalue weighted by molar-refractivity contribution is 5.99. The zero-order chi connectivity index (χ0) is 28.2. The van der Waals surface area contributed by atoms with Crippen molar-refractivity contribution in [3.05, 3.63) is 53.7 Å². The van der Waals surface area contributed by atoms with Gasteiger partial charge in [-0.05, 0) is 56.2 Å². The lowest BCUT2D eigenvalue weighted by Gasteiger charge is -2.26. The average Bonchev–Trinajstić information content (AvgIpc) is 3.65. The minimum atomic E-state index is -0.516. The Labute approximate surface area is 232 Å². The second-order valence-electron chi connectivity index (χ2n) is 10.8. The van der Waals surface area contributed by atoms with Crippen molar-refractivity contribution in [3.8, 4) is 0 Å². The number of benzene rings is 1. The normalized spacial score (nSPS) is 15.9. The van der Waals surface area contributed by atoms with Gasteiger partial charge >= 0.3 is 0 Å². The van der Waals surface area contributed by atoms with E-state index in [1.807, 2.05) is 25.7 Å². The summed E-state index contributed by atoms with van der Waals surface area (Å²) in [7, 11) is 0. The van der Waals surface area contributed by atoms with Crippen LogP contribution in [0.2, 0.25) is 0 Å². The molecule has 3 rings (SSSR count). The number of carbonyl (C=O) groups excluding carboxylic acids is 3. The lowest BCUT2D eigenvalue weighted by molar-refractivity contribution is -0.125. The first-order valence-corrected chi connectivity index (χ1v) is 14.4. The largest absolute Gasteiger partial charge is 0.449 e. The Morgan fingerprint density at radius 3 is 2.46 bits per heavy atom. The van der Waals surface area contributed by atoms with Crippen LogP contribution in [-0.2, 0) is 11.2 Å². The number of carbonyl (C=O) groups is 3. The molecule has 1 aromatic heterocycles. The monoisotopic (exact) mass is 539 g/mol. The molecule has 2 aromatic rings. The minimum Gasteiger partial charge on any atom is -0.449 e. The van der Waals surface area contributed by atoms with Gasteiger partial charge in [-0.3, -0.25) is 14.4 Å². The van der Waals surface area contributed by atoms with Gasteiger partial charge in [-0.1, -0.05) is 39.7 Å². The Morgan fingerprint density at radius 2 is 1.82 bits per heavy atom. The Kier molecular flexibility index (Phi) is 12.0. The van der Waals surface area contributed by atoms with Crippen molar-refractivity contribution in [2.75, 3.05) is 19.6 Å². The van der Waals surface area contributed by atoms with E-state index in [4.69, 9.17) is 10.2 Å². The van der Waals surface area contributed by atoms with Gasteiger partial charge in [-0.2, -0.15) is 0 Å². The molecule has 39 heavy (non-hydrogen) atoms. The van der Waals surface area contributed by atoms with E-state index in [0.29, 0.717) is 49.0 Å². The summed E-state index contributed by atoms with van der Waals surface area (Å²) >= 11 is 0. The van der Waals surface area contributed by atoms with Crippen molar-refractivity contribution in [2.45, 2.75) is 84.2 Å². The van der Waals surface area contributed by atoms with Crippen molar-refractivity contribution in [2.24, 2.45) is 17.6 Å². The highest BCUT2D eigenvalue weighted by Gasteiger charge is 2.27. The summed E-state index contributed by atoms with van der Waals surface area (Å²) in [5.41, 5.74) is 7.43. The third kappa shape index (κ3) is 9.20. The van der Waals surface area contributed by atoms with Crippen LogP contribution in [0.15, 0.2) is 41.1 Å². The summed E-state index contributed by atoms with van der Waals surface area (Å²) in [6.45, 7) is 7.98. The first kappa shape index (κ1) is 30.3. The number of hydrogen-bond donors (Lipinski definition) is 3. The SMILES string of the molecule is CCCN(CCC)C(=O)c1cccc(C(=O)N[C@@H](Cc2ncco2)[C@@H](N)C[C@@H](C)C(=O)NCC2CCCC2)c1. The van der Waals surface area contributed by atoms with E-state index >= 15 is 0 Å². The molecule has 1 saturated carbocycles. The molecule has 1 heterocycles. The van der Waals surface area contributed by atoms with Gasteiger partial charge in [0.2, 0.25) is 5.91 Å². The lowest BCUT2D eigenvalue weighted by atomic mass is 9.93. The maximum atomic E-state index is 13.3. The topological polar surface area (TPSA) is 131 Å². The van der Waals surface area contributed by atoms with E-state index < -0.39 is 12.1 Å². The molecule has 0 bridgehead atoms. The number of nitrogens with zero attached hydrogens (tertiary/aromatic N) is 2. The van der Waals surface area contributed by atoms with Crippen molar-refractivity contribution in [1.29, 1.82) is 0 Å². The molecule has 0 saturated heterocycles. The van der Waals surface area contributed by atoms with Gasteiger partial charge < -0.3 is 25.7 Å². The molecule has 3 amide bonds. The molecular weight excluding hydrogens is 494 g/mol. The number of aromatic nitrogens is 1. The third-order valence-electron chi connectivity index (χ3n) is 7.47. The summed E-state index contributed by atoms with van der Waals surface area (Å²) in [6, 6.07) is 5.74. The fourth-order valence-electron chi connectivity index (χ4n) is 5.25. The molecule has 1 aromatic carbocycles. The van der Waals surface area contributed by atoms with Gasteiger partial charge in [0.25, 0.3) is 11.8 Å². The van der Waals surface area contributed by atoms with E-state index in [0.717, 1.165) is 12.8 Å². The van der Waals surface area contributed by atoms with Crippen LogP contribution in [0, 0.1) is 11.8 Å². The maximum Gasteiger partial charge on any atom is 0.253 e. The Balaban J connectivity index is 1.67. The lowest BCUT2D eigenvalue weighted by Crippen LogP contribution is -2.50. The van der Waals surface area contributed by atoms with E-state index in [1.54, 1.807) is 30.5 Å². The van der Waals surface area contributed by atoms with Crippen LogP contribution in [-0.4, -0.2) is 59.3 Å². The first-order valence-electron chi connectivity index (χ1n) is 14.4. The number of hydrogen-bond acceptors (Lipinski definition) is 6. The van der Waals surface area contributed by atoms with Gasteiger partial charge in [0, 0.05) is 49.1 Å². The van der Waals surface area contributed by atoms with E-state index in [1.165, 1.54) is 31.9 Å². The maximum absolute atomic E-state index is 13.3. The fourth-order valence-corrected chi connectivity index (χ4v) is 5.25. The second kappa shape index (κ2) is 15.4. The Morgan fingerprint density at radius 1 is 1.13 bits per heavy atom. The van der Waals surface area contributed by atoms with Gasteiger partial charge in [0.1, 0.15) is 6.26 Å². The van der Waals surface area contributed by atoms with E-state index in [9.17, 15) is 14.4 Å². The molecular formula is C30H45N5O4. The third-order valence-corrected chi connectivity index (χ3v) is 7.47. The van der Waals surface area contributed by atoms with E-state index in [-0.39, 0.29) is 30.1 Å². The molecule has 214 valence electrons. The molecule has 0 spiro atoms. The molecule has 1 fully saturated rings. The summed E-state index contributed by atoms with van der Waals surface area (Å²) in [6.07, 6.45) is 10.2. The second-order valence-corrected chi connectivity index (χ2v) is 10.8. The molecule has 1 aliphatic carbocycles. The van der Waals surface area contributed by atoms with Crippen LogP contribution in [0.4, 0.5) is 0 Å². The highest BCUT2D eigenvalue weighted by atomic mass is 16.3. The number of oxazole rings is 1. The van der Waals surface area contributed by atoms with Crippen LogP contribution in [0.5, 0.6) is 0 Å². The summed E-state index contributed by atoms with van der Waals surface area (Å²) < 4.78 is 5.42. The van der Waals surface area contributed by atoms with Crippen LogP contribution < -0.4 is 16.4 Å². The van der Waals surface area contributed by atoms with E-state index in [2.05, 4.69) is 15.6 Å². The van der Waals surface area contributed by atoms with Gasteiger partial charge in [-0.15, -0.1) is 0 Å². The van der Waals surface area contributed by atoms with Gasteiger partial charge in [0.15, 0.2) is 5.89 Å². The number of amides is 3. The molecule has 0 aliphatic heterocycles. The molecule has 0 unspecified atom stereocenters. The molecule has 9 nitrogen and oxygen atoms in total. The van der Waals surface area contributed by atoms with Crippen molar-refractivity contribution in [3.63, 3.8) is 0 Å². The van der Waals surface area contributed by atoms with Crippen molar-refractivity contribution < 1.29 is 18.8 Å². The zero-order valence-electron chi connectivity index (χ0n) is 23.7. The number of nitrogens with one attached hydrogen (secondary N) is 2. The smallest absolute Gasteiger partial charge is 0.253 e. The van der Waals surface area contributed by atoms with Crippen molar-refractivity contribution in [1.82, 2.24) is 20.5 Å². The predicted octanol–water partition coefficient (Wildman–Crippen LogP) is 3.94. The molecule has 9 heteroatoms. The van der Waals surface area contributed by atoms with Crippen LogP contribution in [0.1, 0.15) is 92.3 Å². The minimum absolute atomic E-state index is 0.0199. The van der Waals surface area contributed by atoms with Crippen LogP contribution >= 0.6 is 0 Å². The highest BCUT2D eigenvalue weighted by Crippen LogP contribution is 2.24. The summed E-state index contributed by atoms with van der Waals surface area (Å²) in [5, 5.41) is 6.09. The number of rotatable bonds is 15. The molecule has 3 atom stereocenters. The molecule has 1 aliphatic rings. The van der Waals surface area contributed by atoms with Crippen LogP contribution in [0.25, 0.3) is 0 Å². The first-order chi connectivity index (χ1) is 18.8. The Hall–Kier alpha value is -3.20. The number of nitrogens with two attached hydrogens (primary N) is 1. The van der Waals surface area contributed by atoms with Gasteiger partial charge in [-0.25, -0.2) is 4.98 Å². The fraction of sp³-hybridized carbons (Fsp3) is 0.600. The Bertz CT molecular complexity index is 1050. The molecule has 4 N–H and O–H groups in total. The quantitative estimate of drug-likeness (QED) is 0.314. The summed E-state index contributed by atoms with van der Waals surface area (Å²) in [4.78, 5) is 45.2. The predicted molar refractivity (Wildman–Crippen MR) is 151 cm³/mol.